The summed E-state index contributed by atoms with van der Waals surface area (Å²) in [6.07, 6.45) is -5.65. The molecular formula is C12H17F3O4S. The second-order valence-corrected chi connectivity index (χ2v) is 5.13. The normalized spacial score (nSPS) is 11.8. The van der Waals surface area contributed by atoms with Crippen LogP contribution in [0.1, 0.15) is 27.7 Å². The van der Waals surface area contributed by atoms with E-state index < -0.39 is 33.2 Å². The number of benzene rings is 1. The van der Waals surface area contributed by atoms with Crippen LogP contribution in [0.5, 0.6) is 5.75 Å². The fourth-order valence-corrected chi connectivity index (χ4v) is 2.38. The molecule has 1 rings (SSSR count). The topological polar surface area (TPSA) is 52.6 Å². The lowest BCUT2D eigenvalue weighted by Crippen LogP contribution is -2.20. The van der Waals surface area contributed by atoms with Crippen molar-refractivity contribution in [1.82, 2.24) is 0 Å². The number of alkyl halides is 3. The Morgan fingerprint density at radius 2 is 1.60 bits per heavy atom. The zero-order chi connectivity index (χ0) is 16.0. The number of hydrogen-bond donors (Lipinski definition) is 0. The summed E-state index contributed by atoms with van der Waals surface area (Å²) in [6, 6.07) is 4.40. The third-order valence-electron chi connectivity index (χ3n) is 1.66. The molecule has 0 saturated carbocycles. The first-order valence-electron chi connectivity index (χ1n) is 5.90. The molecular weight excluding hydrogens is 297 g/mol. The minimum Gasteiger partial charge on any atom is -0.404 e. The summed E-state index contributed by atoms with van der Waals surface area (Å²) in [5.41, 5.74) is 0. The molecule has 0 saturated heterocycles. The third-order valence-corrected chi connectivity index (χ3v) is 3.18. The molecule has 0 heterocycles. The number of halogens is 3. The molecule has 0 bridgehead atoms. The number of rotatable bonds is 4. The average Bonchev–Trinajstić information content (AvgIpc) is 2.28. The van der Waals surface area contributed by atoms with Crippen molar-refractivity contribution in [3.05, 3.63) is 24.3 Å². The van der Waals surface area contributed by atoms with Crippen molar-refractivity contribution in [2.75, 3.05) is 0 Å². The standard InChI is InChI=1S/C10H11F3O4S.C2H6/c1-7(2)17-18(14,15)9-6-4-3-5-8(9)16-10(11,12)13;1-2/h3-7H,1-2H3;1-2H3. The summed E-state index contributed by atoms with van der Waals surface area (Å²) in [7, 11) is -4.29. The molecule has 0 aliphatic heterocycles. The Balaban J connectivity index is 0.00000172. The lowest BCUT2D eigenvalue weighted by atomic mass is 10.3. The summed E-state index contributed by atoms with van der Waals surface area (Å²) in [5.74, 6) is -0.814. The van der Waals surface area contributed by atoms with E-state index in [1.54, 1.807) is 0 Å². The van der Waals surface area contributed by atoms with Gasteiger partial charge in [0.15, 0.2) is 5.75 Å². The van der Waals surface area contributed by atoms with E-state index in [1.807, 2.05) is 13.8 Å². The minimum atomic E-state index is -4.97. The number of ether oxygens (including phenoxy) is 1. The molecule has 20 heavy (non-hydrogen) atoms. The van der Waals surface area contributed by atoms with Gasteiger partial charge in [-0.1, -0.05) is 26.0 Å². The zero-order valence-corrected chi connectivity index (χ0v) is 12.4. The van der Waals surface area contributed by atoms with Crippen LogP contribution in [-0.2, 0) is 14.3 Å². The second kappa shape index (κ2) is 7.49. The van der Waals surface area contributed by atoms with Crippen molar-refractivity contribution in [3.8, 4) is 5.75 Å². The van der Waals surface area contributed by atoms with E-state index in [-0.39, 0.29) is 0 Å². The molecule has 0 atom stereocenters. The van der Waals surface area contributed by atoms with Gasteiger partial charge in [0.25, 0.3) is 0 Å². The Hall–Kier alpha value is -1.28. The molecule has 0 unspecified atom stereocenters. The SMILES string of the molecule is CC.CC(C)OS(=O)(=O)c1ccccc1OC(F)(F)F. The first-order valence-corrected chi connectivity index (χ1v) is 7.31. The Labute approximate surface area is 116 Å². The van der Waals surface area contributed by atoms with Crippen molar-refractivity contribution >= 4 is 10.1 Å². The molecule has 1 aromatic rings. The largest absolute Gasteiger partial charge is 0.573 e. The lowest BCUT2D eigenvalue weighted by Gasteiger charge is -2.14. The van der Waals surface area contributed by atoms with Gasteiger partial charge in [-0.3, -0.25) is 4.18 Å². The Morgan fingerprint density at radius 1 is 1.10 bits per heavy atom. The maximum absolute atomic E-state index is 12.1. The van der Waals surface area contributed by atoms with Gasteiger partial charge in [-0.05, 0) is 26.0 Å². The predicted octanol–water partition coefficient (Wildman–Crippen LogP) is 3.73. The predicted molar refractivity (Wildman–Crippen MR) is 67.9 cm³/mol. The van der Waals surface area contributed by atoms with E-state index in [9.17, 15) is 21.6 Å². The van der Waals surface area contributed by atoms with Gasteiger partial charge in [0.1, 0.15) is 4.90 Å². The summed E-state index contributed by atoms with van der Waals surface area (Å²) in [6.45, 7) is 6.90. The summed E-state index contributed by atoms with van der Waals surface area (Å²) < 4.78 is 67.9. The molecule has 0 amide bonds. The number of hydrogen-bond acceptors (Lipinski definition) is 4. The van der Waals surface area contributed by atoms with Crippen LogP contribution in [0.3, 0.4) is 0 Å². The Kier molecular flexibility index (Phi) is 7.01. The van der Waals surface area contributed by atoms with E-state index >= 15 is 0 Å². The van der Waals surface area contributed by atoms with Crippen LogP contribution in [0.2, 0.25) is 0 Å². The monoisotopic (exact) mass is 314 g/mol. The van der Waals surface area contributed by atoms with Crippen molar-refractivity contribution in [3.63, 3.8) is 0 Å². The fourth-order valence-electron chi connectivity index (χ4n) is 1.17. The highest BCUT2D eigenvalue weighted by Gasteiger charge is 2.34. The van der Waals surface area contributed by atoms with Crippen molar-refractivity contribution in [1.29, 1.82) is 0 Å². The Bertz CT molecular complexity index is 510. The quantitative estimate of drug-likeness (QED) is 0.795. The molecule has 0 fully saturated rings. The fraction of sp³-hybridized carbons (Fsp3) is 0.500. The summed E-state index contributed by atoms with van der Waals surface area (Å²) in [5, 5.41) is 0. The van der Waals surface area contributed by atoms with Gasteiger partial charge < -0.3 is 4.74 Å². The average molecular weight is 314 g/mol. The van der Waals surface area contributed by atoms with Crippen LogP contribution in [-0.4, -0.2) is 20.9 Å². The van der Waals surface area contributed by atoms with Crippen molar-refractivity contribution in [2.24, 2.45) is 0 Å². The third kappa shape index (κ3) is 6.25. The van der Waals surface area contributed by atoms with Crippen LogP contribution >= 0.6 is 0 Å². The highest BCUT2D eigenvalue weighted by atomic mass is 32.2. The zero-order valence-electron chi connectivity index (χ0n) is 11.6. The van der Waals surface area contributed by atoms with Gasteiger partial charge in [-0.15, -0.1) is 13.2 Å². The molecule has 116 valence electrons. The maximum atomic E-state index is 12.1. The first kappa shape index (κ1) is 18.7. The lowest BCUT2D eigenvalue weighted by molar-refractivity contribution is -0.275. The van der Waals surface area contributed by atoms with Gasteiger partial charge >= 0.3 is 16.5 Å². The van der Waals surface area contributed by atoms with Crippen LogP contribution in [0, 0.1) is 0 Å². The van der Waals surface area contributed by atoms with E-state index in [4.69, 9.17) is 0 Å². The minimum absolute atomic E-state index is 0.656. The molecule has 0 aliphatic rings. The van der Waals surface area contributed by atoms with E-state index in [0.29, 0.717) is 0 Å². The summed E-state index contributed by atoms with van der Waals surface area (Å²) in [4.78, 5) is -0.656. The molecule has 0 aliphatic carbocycles. The molecule has 0 radical (unpaired) electrons. The Morgan fingerprint density at radius 3 is 2.05 bits per heavy atom. The van der Waals surface area contributed by atoms with Crippen LogP contribution in [0.25, 0.3) is 0 Å². The molecule has 0 aromatic heterocycles. The van der Waals surface area contributed by atoms with Crippen LogP contribution in [0.4, 0.5) is 13.2 Å². The van der Waals surface area contributed by atoms with Gasteiger partial charge in [0.2, 0.25) is 0 Å². The second-order valence-electron chi connectivity index (χ2n) is 3.59. The molecule has 4 nitrogen and oxygen atoms in total. The van der Waals surface area contributed by atoms with Crippen LogP contribution in [0.15, 0.2) is 29.2 Å². The maximum Gasteiger partial charge on any atom is 0.573 e. The molecule has 0 spiro atoms. The smallest absolute Gasteiger partial charge is 0.404 e. The van der Waals surface area contributed by atoms with Gasteiger partial charge in [-0.25, -0.2) is 0 Å². The van der Waals surface area contributed by atoms with Crippen molar-refractivity contribution in [2.45, 2.75) is 45.1 Å². The summed E-state index contributed by atoms with van der Waals surface area (Å²) >= 11 is 0. The van der Waals surface area contributed by atoms with E-state index in [0.717, 1.165) is 12.1 Å². The van der Waals surface area contributed by atoms with Gasteiger partial charge in [0.05, 0.1) is 6.10 Å². The highest BCUT2D eigenvalue weighted by Crippen LogP contribution is 2.30. The first-order chi connectivity index (χ1) is 9.12. The molecule has 0 N–H and O–H groups in total. The van der Waals surface area contributed by atoms with Crippen LogP contribution < -0.4 is 4.74 Å². The number of para-hydroxylation sites is 1. The molecule has 8 heteroatoms. The highest BCUT2D eigenvalue weighted by molar-refractivity contribution is 7.86. The van der Waals surface area contributed by atoms with E-state index in [1.165, 1.54) is 26.0 Å². The van der Waals surface area contributed by atoms with Gasteiger partial charge in [0, 0.05) is 0 Å². The van der Waals surface area contributed by atoms with Crippen molar-refractivity contribution < 1.29 is 30.5 Å². The van der Waals surface area contributed by atoms with E-state index in [2.05, 4.69) is 8.92 Å². The van der Waals surface area contributed by atoms with Gasteiger partial charge in [-0.2, -0.15) is 8.42 Å². The molecule has 1 aromatic carbocycles.